The Morgan fingerprint density at radius 1 is 1.42 bits per heavy atom. The molecule has 1 aromatic rings. The van der Waals surface area contributed by atoms with Crippen LogP contribution >= 0.6 is 0 Å². The van der Waals surface area contributed by atoms with Gasteiger partial charge in [0.2, 0.25) is 5.91 Å². The summed E-state index contributed by atoms with van der Waals surface area (Å²) in [6.07, 6.45) is 0.803. The smallest absolute Gasteiger partial charge is 0.225 e. The number of carbonyl (C=O) groups excluding carboxylic acids is 1. The molecule has 1 aliphatic rings. The second kappa shape index (κ2) is 5.65. The van der Waals surface area contributed by atoms with Crippen molar-refractivity contribution in [3.63, 3.8) is 0 Å². The maximum absolute atomic E-state index is 13.1. The lowest BCUT2D eigenvalue weighted by atomic mass is 10.00. The summed E-state index contributed by atoms with van der Waals surface area (Å²) < 4.78 is 26.0. The van der Waals surface area contributed by atoms with Crippen LogP contribution in [0.25, 0.3) is 0 Å². The molecule has 0 radical (unpaired) electrons. The molecule has 0 bridgehead atoms. The lowest BCUT2D eigenvalue weighted by molar-refractivity contribution is -0.125. The Bertz CT molecular complexity index is 479. The molecule has 3 nitrogen and oxygen atoms in total. The monoisotopic (exact) mass is 268 g/mol. The highest BCUT2D eigenvalue weighted by Gasteiger charge is 2.30. The molecule has 1 fully saturated rings. The number of benzene rings is 1. The Labute approximate surface area is 111 Å². The molecule has 3 atom stereocenters. The number of halogens is 2. The SMILES string of the molecule is CC(NC(=O)C1CCNC1C)c1ccc(F)c(F)c1. The van der Waals surface area contributed by atoms with Crippen LogP contribution in [0.3, 0.4) is 0 Å². The third kappa shape index (κ3) is 3.10. The van der Waals surface area contributed by atoms with E-state index in [2.05, 4.69) is 10.6 Å². The predicted octanol–water partition coefficient (Wildman–Crippen LogP) is 2.14. The van der Waals surface area contributed by atoms with Crippen LogP contribution in [0.4, 0.5) is 8.78 Å². The Morgan fingerprint density at radius 2 is 2.16 bits per heavy atom. The molecular weight excluding hydrogens is 250 g/mol. The summed E-state index contributed by atoms with van der Waals surface area (Å²) in [7, 11) is 0. The molecule has 2 rings (SSSR count). The molecule has 0 saturated carbocycles. The fourth-order valence-corrected chi connectivity index (χ4v) is 2.40. The molecule has 1 heterocycles. The molecule has 5 heteroatoms. The average Bonchev–Trinajstić information content (AvgIpc) is 2.79. The Kier molecular flexibility index (Phi) is 4.14. The van der Waals surface area contributed by atoms with Crippen LogP contribution in [0.1, 0.15) is 31.9 Å². The highest BCUT2D eigenvalue weighted by Crippen LogP contribution is 2.19. The second-order valence-electron chi connectivity index (χ2n) is 5.04. The first-order valence-electron chi connectivity index (χ1n) is 6.47. The summed E-state index contributed by atoms with van der Waals surface area (Å²) in [5, 5.41) is 6.06. The standard InChI is InChI=1S/C14H18F2N2O/c1-8(10-3-4-12(15)13(16)7-10)18-14(19)11-5-6-17-9(11)2/h3-4,7-9,11,17H,5-6H2,1-2H3,(H,18,19). The zero-order chi connectivity index (χ0) is 14.0. The minimum absolute atomic E-state index is 0.0465. The number of carbonyl (C=O) groups is 1. The van der Waals surface area contributed by atoms with E-state index in [1.165, 1.54) is 6.07 Å². The molecule has 19 heavy (non-hydrogen) atoms. The third-order valence-corrected chi connectivity index (χ3v) is 3.66. The topological polar surface area (TPSA) is 41.1 Å². The van der Waals surface area contributed by atoms with Gasteiger partial charge >= 0.3 is 0 Å². The summed E-state index contributed by atoms with van der Waals surface area (Å²) >= 11 is 0. The van der Waals surface area contributed by atoms with Crippen LogP contribution < -0.4 is 10.6 Å². The van der Waals surface area contributed by atoms with Crippen molar-refractivity contribution in [2.45, 2.75) is 32.4 Å². The van der Waals surface area contributed by atoms with E-state index in [9.17, 15) is 13.6 Å². The van der Waals surface area contributed by atoms with Gasteiger partial charge in [-0.15, -0.1) is 0 Å². The van der Waals surface area contributed by atoms with Gasteiger partial charge in [0.25, 0.3) is 0 Å². The van der Waals surface area contributed by atoms with Gasteiger partial charge in [-0.3, -0.25) is 4.79 Å². The van der Waals surface area contributed by atoms with Gasteiger partial charge in [-0.05, 0) is 44.5 Å². The largest absolute Gasteiger partial charge is 0.349 e. The minimum atomic E-state index is -0.894. The number of hydrogen-bond acceptors (Lipinski definition) is 2. The van der Waals surface area contributed by atoms with E-state index in [4.69, 9.17) is 0 Å². The summed E-state index contributed by atoms with van der Waals surface area (Å²) in [4.78, 5) is 12.1. The number of rotatable bonds is 3. The van der Waals surface area contributed by atoms with Crippen molar-refractivity contribution in [1.29, 1.82) is 0 Å². The Morgan fingerprint density at radius 3 is 2.74 bits per heavy atom. The van der Waals surface area contributed by atoms with Crippen molar-refractivity contribution in [3.8, 4) is 0 Å². The van der Waals surface area contributed by atoms with Gasteiger partial charge in [-0.2, -0.15) is 0 Å². The van der Waals surface area contributed by atoms with Crippen molar-refractivity contribution in [3.05, 3.63) is 35.4 Å². The van der Waals surface area contributed by atoms with E-state index in [-0.39, 0.29) is 23.9 Å². The first-order valence-corrected chi connectivity index (χ1v) is 6.47. The first kappa shape index (κ1) is 13.9. The van der Waals surface area contributed by atoms with Gasteiger partial charge in [0.15, 0.2) is 11.6 Å². The van der Waals surface area contributed by atoms with Gasteiger partial charge < -0.3 is 10.6 Å². The maximum Gasteiger partial charge on any atom is 0.225 e. The lowest BCUT2D eigenvalue weighted by Crippen LogP contribution is -2.37. The molecule has 1 aliphatic heterocycles. The molecule has 1 aromatic carbocycles. The van der Waals surface area contributed by atoms with Crippen LogP contribution in [-0.2, 0) is 4.79 Å². The quantitative estimate of drug-likeness (QED) is 0.882. The van der Waals surface area contributed by atoms with E-state index < -0.39 is 11.6 Å². The fraction of sp³-hybridized carbons (Fsp3) is 0.500. The molecule has 1 saturated heterocycles. The molecule has 0 aliphatic carbocycles. The third-order valence-electron chi connectivity index (χ3n) is 3.66. The first-order chi connectivity index (χ1) is 8.99. The predicted molar refractivity (Wildman–Crippen MR) is 68.5 cm³/mol. The Balaban J connectivity index is 2.02. The summed E-state index contributed by atoms with van der Waals surface area (Å²) in [5.41, 5.74) is 0.561. The molecule has 104 valence electrons. The van der Waals surface area contributed by atoms with Crippen molar-refractivity contribution in [1.82, 2.24) is 10.6 Å². The Hall–Kier alpha value is -1.49. The van der Waals surface area contributed by atoms with Crippen molar-refractivity contribution < 1.29 is 13.6 Å². The van der Waals surface area contributed by atoms with E-state index in [1.54, 1.807) is 6.92 Å². The van der Waals surface area contributed by atoms with Crippen molar-refractivity contribution >= 4 is 5.91 Å². The van der Waals surface area contributed by atoms with Gasteiger partial charge in [0, 0.05) is 6.04 Å². The normalized spacial score (nSPS) is 24.2. The van der Waals surface area contributed by atoms with E-state index in [1.807, 2.05) is 6.92 Å². The van der Waals surface area contributed by atoms with E-state index in [0.29, 0.717) is 5.56 Å². The lowest BCUT2D eigenvalue weighted by Gasteiger charge is -2.19. The highest BCUT2D eigenvalue weighted by molar-refractivity contribution is 5.80. The van der Waals surface area contributed by atoms with Gasteiger partial charge in [0.1, 0.15) is 0 Å². The highest BCUT2D eigenvalue weighted by atomic mass is 19.2. The number of amides is 1. The molecule has 0 spiro atoms. The summed E-state index contributed by atoms with van der Waals surface area (Å²) in [6, 6.07) is 3.50. The molecular formula is C14H18F2N2O. The van der Waals surface area contributed by atoms with Crippen molar-refractivity contribution in [2.75, 3.05) is 6.54 Å². The fourth-order valence-electron chi connectivity index (χ4n) is 2.40. The van der Waals surface area contributed by atoms with Gasteiger partial charge in [-0.25, -0.2) is 8.78 Å². The van der Waals surface area contributed by atoms with Crippen LogP contribution in [0.2, 0.25) is 0 Å². The van der Waals surface area contributed by atoms with Gasteiger partial charge in [-0.1, -0.05) is 6.07 Å². The van der Waals surface area contributed by atoms with Crippen molar-refractivity contribution in [2.24, 2.45) is 5.92 Å². The molecule has 1 amide bonds. The zero-order valence-electron chi connectivity index (χ0n) is 11.0. The zero-order valence-corrected chi connectivity index (χ0v) is 11.0. The van der Waals surface area contributed by atoms with Crippen LogP contribution in [-0.4, -0.2) is 18.5 Å². The van der Waals surface area contributed by atoms with E-state index in [0.717, 1.165) is 25.1 Å². The summed E-state index contributed by atoms with van der Waals surface area (Å²) in [6.45, 7) is 4.57. The molecule has 2 N–H and O–H groups in total. The maximum atomic E-state index is 13.1. The summed E-state index contributed by atoms with van der Waals surface area (Å²) in [5.74, 6) is -1.88. The average molecular weight is 268 g/mol. The van der Waals surface area contributed by atoms with Crippen LogP contribution in [0, 0.1) is 17.6 Å². The van der Waals surface area contributed by atoms with Crippen LogP contribution in [0.15, 0.2) is 18.2 Å². The number of nitrogens with one attached hydrogen (secondary N) is 2. The molecule has 3 unspecified atom stereocenters. The second-order valence-corrected chi connectivity index (χ2v) is 5.04. The van der Waals surface area contributed by atoms with Crippen LogP contribution in [0.5, 0.6) is 0 Å². The van der Waals surface area contributed by atoms with E-state index >= 15 is 0 Å². The number of hydrogen-bond donors (Lipinski definition) is 2. The molecule has 0 aromatic heterocycles. The minimum Gasteiger partial charge on any atom is -0.349 e. The van der Waals surface area contributed by atoms with Gasteiger partial charge in [0.05, 0.1) is 12.0 Å².